The Kier molecular flexibility index (Phi) is 3.63. The van der Waals surface area contributed by atoms with Gasteiger partial charge in [-0.3, -0.25) is 0 Å². The largest absolute Gasteiger partial charge is 0.326 e. The molecule has 2 rings (SSSR count). The average Bonchev–Trinajstić information content (AvgIpc) is 2.75. The predicted octanol–water partition coefficient (Wildman–Crippen LogP) is 1.30. The molecule has 0 spiro atoms. The lowest BCUT2D eigenvalue weighted by molar-refractivity contribution is 0.361. The SMILES string of the molecule is N[C@H]1CCCC[C@@H]1NS(=O)(=O)c1cccs1. The first kappa shape index (κ1) is 12.0. The van der Waals surface area contributed by atoms with E-state index in [2.05, 4.69) is 4.72 Å². The Morgan fingerprint density at radius 2 is 2.12 bits per heavy atom. The fourth-order valence-corrected chi connectivity index (χ4v) is 4.31. The third-order valence-corrected chi connectivity index (χ3v) is 5.77. The van der Waals surface area contributed by atoms with Crippen LogP contribution in [-0.2, 0) is 10.0 Å². The first-order chi connectivity index (χ1) is 7.59. The van der Waals surface area contributed by atoms with Crippen molar-refractivity contribution in [2.24, 2.45) is 5.73 Å². The summed E-state index contributed by atoms with van der Waals surface area (Å²) in [4.78, 5) is 0. The third-order valence-electron chi connectivity index (χ3n) is 2.89. The number of sulfonamides is 1. The van der Waals surface area contributed by atoms with Gasteiger partial charge in [0.25, 0.3) is 0 Å². The fourth-order valence-electron chi connectivity index (χ4n) is 1.98. The molecule has 0 amide bonds. The van der Waals surface area contributed by atoms with E-state index in [1.165, 1.54) is 11.3 Å². The van der Waals surface area contributed by atoms with Gasteiger partial charge in [-0.1, -0.05) is 18.9 Å². The summed E-state index contributed by atoms with van der Waals surface area (Å²) in [6, 6.07) is 3.19. The van der Waals surface area contributed by atoms with Crippen molar-refractivity contribution in [2.75, 3.05) is 0 Å². The van der Waals surface area contributed by atoms with E-state index in [0.29, 0.717) is 4.21 Å². The van der Waals surface area contributed by atoms with E-state index in [1.54, 1.807) is 17.5 Å². The minimum Gasteiger partial charge on any atom is -0.326 e. The van der Waals surface area contributed by atoms with Crippen molar-refractivity contribution in [2.45, 2.75) is 42.0 Å². The molecule has 2 atom stereocenters. The highest BCUT2D eigenvalue weighted by atomic mass is 32.2. The molecule has 6 heteroatoms. The van der Waals surface area contributed by atoms with E-state index in [9.17, 15) is 8.42 Å². The molecule has 1 aromatic rings. The van der Waals surface area contributed by atoms with Crippen molar-refractivity contribution in [3.63, 3.8) is 0 Å². The summed E-state index contributed by atoms with van der Waals surface area (Å²) >= 11 is 1.23. The zero-order valence-corrected chi connectivity index (χ0v) is 10.6. The average molecular weight is 260 g/mol. The number of hydrogen-bond donors (Lipinski definition) is 2. The molecule has 1 aromatic heterocycles. The third kappa shape index (κ3) is 2.63. The molecule has 0 radical (unpaired) electrons. The number of nitrogens with two attached hydrogens (primary N) is 1. The lowest BCUT2D eigenvalue weighted by Gasteiger charge is -2.28. The fraction of sp³-hybridized carbons (Fsp3) is 0.600. The van der Waals surface area contributed by atoms with E-state index in [4.69, 9.17) is 5.73 Å². The van der Waals surface area contributed by atoms with Crippen LogP contribution in [0.5, 0.6) is 0 Å². The van der Waals surface area contributed by atoms with Crippen LogP contribution in [0, 0.1) is 0 Å². The van der Waals surface area contributed by atoms with E-state index in [1.807, 2.05) is 0 Å². The van der Waals surface area contributed by atoms with Crippen molar-refractivity contribution < 1.29 is 8.42 Å². The Balaban J connectivity index is 2.09. The van der Waals surface area contributed by atoms with Crippen LogP contribution in [0.4, 0.5) is 0 Å². The van der Waals surface area contributed by atoms with Crippen LogP contribution in [-0.4, -0.2) is 20.5 Å². The van der Waals surface area contributed by atoms with Crippen LogP contribution < -0.4 is 10.5 Å². The molecule has 16 heavy (non-hydrogen) atoms. The minimum atomic E-state index is -3.36. The molecular weight excluding hydrogens is 244 g/mol. The Bertz CT molecular complexity index is 428. The van der Waals surface area contributed by atoms with Gasteiger partial charge >= 0.3 is 0 Å². The maximum atomic E-state index is 12.0. The first-order valence-electron chi connectivity index (χ1n) is 5.41. The molecule has 90 valence electrons. The standard InChI is InChI=1S/C10H16N2O2S2/c11-8-4-1-2-5-9(8)12-16(13,14)10-6-3-7-15-10/h3,6-9,12H,1-2,4-5,11H2/t8-,9-/m0/s1. The van der Waals surface area contributed by atoms with Gasteiger partial charge in [-0.05, 0) is 24.3 Å². The summed E-state index contributed by atoms with van der Waals surface area (Å²) in [5.74, 6) is 0. The first-order valence-corrected chi connectivity index (χ1v) is 7.77. The highest BCUT2D eigenvalue weighted by Crippen LogP contribution is 2.21. The normalized spacial score (nSPS) is 26.8. The van der Waals surface area contributed by atoms with E-state index < -0.39 is 10.0 Å². The maximum absolute atomic E-state index is 12.0. The van der Waals surface area contributed by atoms with Crippen LogP contribution in [0.1, 0.15) is 25.7 Å². The zero-order valence-electron chi connectivity index (χ0n) is 8.93. The molecule has 1 fully saturated rings. The molecule has 1 saturated carbocycles. The molecule has 1 aliphatic rings. The van der Waals surface area contributed by atoms with Gasteiger partial charge < -0.3 is 5.73 Å². The summed E-state index contributed by atoms with van der Waals surface area (Å²) in [5.41, 5.74) is 5.92. The smallest absolute Gasteiger partial charge is 0.250 e. The topological polar surface area (TPSA) is 72.2 Å². The van der Waals surface area contributed by atoms with Gasteiger partial charge in [-0.25, -0.2) is 13.1 Å². The second-order valence-corrected chi connectivity index (χ2v) is 7.00. The Morgan fingerprint density at radius 3 is 2.75 bits per heavy atom. The molecule has 3 N–H and O–H groups in total. The van der Waals surface area contributed by atoms with Crippen LogP contribution in [0.2, 0.25) is 0 Å². The summed E-state index contributed by atoms with van der Waals surface area (Å²) in [6.07, 6.45) is 3.88. The van der Waals surface area contributed by atoms with E-state index in [0.717, 1.165) is 25.7 Å². The van der Waals surface area contributed by atoms with E-state index >= 15 is 0 Å². The molecule has 0 saturated heterocycles. The van der Waals surface area contributed by atoms with Gasteiger partial charge in [-0.2, -0.15) is 0 Å². The van der Waals surface area contributed by atoms with Crippen molar-refractivity contribution >= 4 is 21.4 Å². The number of hydrogen-bond acceptors (Lipinski definition) is 4. The maximum Gasteiger partial charge on any atom is 0.250 e. The number of nitrogens with one attached hydrogen (secondary N) is 1. The van der Waals surface area contributed by atoms with Crippen molar-refractivity contribution in [1.29, 1.82) is 0 Å². The molecule has 1 aliphatic carbocycles. The Hall–Kier alpha value is -0.430. The quantitative estimate of drug-likeness (QED) is 0.860. The monoisotopic (exact) mass is 260 g/mol. The predicted molar refractivity (Wildman–Crippen MR) is 64.9 cm³/mol. The summed E-state index contributed by atoms with van der Waals surface area (Å²) in [6.45, 7) is 0. The van der Waals surface area contributed by atoms with Gasteiger partial charge in [-0.15, -0.1) is 11.3 Å². The van der Waals surface area contributed by atoms with Gasteiger partial charge in [0.15, 0.2) is 0 Å². The lowest BCUT2D eigenvalue weighted by atomic mass is 9.92. The van der Waals surface area contributed by atoms with Crippen molar-refractivity contribution in [1.82, 2.24) is 4.72 Å². The summed E-state index contributed by atoms with van der Waals surface area (Å²) in [7, 11) is -3.36. The highest BCUT2D eigenvalue weighted by molar-refractivity contribution is 7.91. The zero-order chi connectivity index (χ0) is 11.6. The summed E-state index contributed by atoms with van der Waals surface area (Å²) in [5, 5.41) is 1.76. The van der Waals surface area contributed by atoms with Gasteiger partial charge in [0, 0.05) is 12.1 Å². The highest BCUT2D eigenvalue weighted by Gasteiger charge is 2.27. The van der Waals surface area contributed by atoms with Crippen LogP contribution in [0.15, 0.2) is 21.7 Å². The van der Waals surface area contributed by atoms with Crippen molar-refractivity contribution in [3.05, 3.63) is 17.5 Å². The number of rotatable bonds is 3. The van der Waals surface area contributed by atoms with E-state index in [-0.39, 0.29) is 12.1 Å². The molecule has 1 heterocycles. The second kappa shape index (κ2) is 4.83. The Morgan fingerprint density at radius 1 is 1.38 bits per heavy atom. The molecule has 0 bridgehead atoms. The molecule has 0 aromatic carbocycles. The van der Waals surface area contributed by atoms with Crippen LogP contribution >= 0.6 is 11.3 Å². The van der Waals surface area contributed by atoms with Gasteiger partial charge in [0.1, 0.15) is 4.21 Å². The lowest BCUT2D eigenvalue weighted by Crippen LogP contribution is -2.49. The van der Waals surface area contributed by atoms with Gasteiger partial charge in [0.05, 0.1) is 0 Å². The second-order valence-electron chi connectivity index (χ2n) is 4.11. The molecule has 4 nitrogen and oxygen atoms in total. The minimum absolute atomic E-state index is 0.0523. The summed E-state index contributed by atoms with van der Waals surface area (Å²) < 4.78 is 27.0. The molecule has 0 unspecified atom stereocenters. The Labute approximate surface area is 99.9 Å². The molecule has 0 aliphatic heterocycles. The molecular formula is C10H16N2O2S2. The van der Waals surface area contributed by atoms with Crippen molar-refractivity contribution in [3.8, 4) is 0 Å². The van der Waals surface area contributed by atoms with Gasteiger partial charge in [0.2, 0.25) is 10.0 Å². The number of thiophene rings is 1. The van der Waals surface area contributed by atoms with Crippen LogP contribution in [0.3, 0.4) is 0 Å². The van der Waals surface area contributed by atoms with Crippen LogP contribution in [0.25, 0.3) is 0 Å².